The lowest BCUT2D eigenvalue weighted by Crippen LogP contribution is -2.31. The van der Waals surface area contributed by atoms with Crippen molar-refractivity contribution in [3.63, 3.8) is 0 Å². The van der Waals surface area contributed by atoms with Gasteiger partial charge in [0.2, 0.25) is 5.91 Å². The zero-order valence-corrected chi connectivity index (χ0v) is 23.1. The Hall–Kier alpha value is -4.43. The highest BCUT2D eigenvalue weighted by atomic mass is 79.9. The summed E-state index contributed by atoms with van der Waals surface area (Å²) in [6.07, 6.45) is 1.36. The first-order valence-corrected chi connectivity index (χ1v) is 13.7. The third-order valence-electron chi connectivity index (χ3n) is 6.60. The minimum absolute atomic E-state index is 0.0268. The number of hydrogen-bond acceptors (Lipinski definition) is 4. The van der Waals surface area contributed by atoms with Crippen molar-refractivity contribution in [3.05, 3.63) is 113 Å². The van der Waals surface area contributed by atoms with Gasteiger partial charge in [0, 0.05) is 16.0 Å². The van der Waals surface area contributed by atoms with Gasteiger partial charge in [0.15, 0.2) is 0 Å². The molecule has 3 N–H and O–H groups in total. The van der Waals surface area contributed by atoms with Crippen LogP contribution in [0.1, 0.15) is 41.2 Å². The number of halogens is 1. The van der Waals surface area contributed by atoms with Crippen LogP contribution in [-0.2, 0) is 9.59 Å². The molecule has 7 nitrogen and oxygen atoms in total. The molecule has 1 atom stereocenters. The molecule has 0 aliphatic heterocycles. The summed E-state index contributed by atoms with van der Waals surface area (Å²) in [5.74, 6) is -0.272. The normalized spacial score (nSPS) is 13.2. The molecule has 202 valence electrons. The number of amides is 2. The Bertz CT molecular complexity index is 1530. The van der Waals surface area contributed by atoms with Gasteiger partial charge in [-0.1, -0.05) is 76.6 Å². The van der Waals surface area contributed by atoms with E-state index in [1.54, 1.807) is 30.3 Å². The molecule has 0 spiro atoms. The van der Waals surface area contributed by atoms with Crippen molar-refractivity contribution in [2.45, 2.75) is 25.3 Å². The summed E-state index contributed by atoms with van der Waals surface area (Å²) in [7, 11) is 0. The van der Waals surface area contributed by atoms with Crippen LogP contribution in [0.3, 0.4) is 0 Å². The number of benzene rings is 4. The monoisotopic (exact) mass is 598 g/mol. The lowest BCUT2D eigenvalue weighted by molar-refractivity contribution is -0.137. The van der Waals surface area contributed by atoms with Gasteiger partial charge in [-0.15, -0.1) is 0 Å². The third-order valence-corrected chi connectivity index (χ3v) is 7.09. The van der Waals surface area contributed by atoms with Crippen molar-refractivity contribution >= 4 is 39.4 Å². The highest BCUT2D eigenvalue weighted by Crippen LogP contribution is 2.34. The number of hydrogen-bond donors (Lipinski definition) is 3. The number of rotatable bonds is 10. The van der Waals surface area contributed by atoms with Crippen molar-refractivity contribution in [3.8, 4) is 22.6 Å². The molecule has 1 fully saturated rings. The number of ether oxygens (including phenoxy) is 1. The van der Waals surface area contributed by atoms with Crippen LogP contribution < -0.4 is 15.4 Å². The molecule has 1 saturated carbocycles. The molecule has 0 aromatic heterocycles. The van der Waals surface area contributed by atoms with E-state index in [4.69, 9.17) is 4.74 Å². The smallest absolute Gasteiger partial charge is 0.305 e. The lowest BCUT2D eigenvalue weighted by Gasteiger charge is -2.20. The van der Waals surface area contributed by atoms with E-state index in [1.165, 1.54) is 0 Å². The molecule has 0 radical (unpaired) electrons. The molecule has 2 amide bonds. The molecule has 8 heteroatoms. The Morgan fingerprint density at radius 1 is 0.900 bits per heavy atom. The number of aliphatic carboxylic acids is 1. The maximum atomic E-state index is 13.4. The average Bonchev–Trinajstić information content (AvgIpc) is 3.80. The number of carbonyl (C=O) groups excluding carboxylic acids is 2. The molecule has 1 aliphatic rings. The van der Waals surface area contributed by atoms with Crippen molar-refractivity contribution in [1.82, 2.24) is 5.32 Å². The number of anilines is 1. The van der Waals surface area contributed by atoms with E-state index in [-0.39, 0.29) is 23.8 Å². The second kappa shape index (κ2) is 12.2. The fourth-order valence-electron chi connectivity index (χ4n) is 4.36. The minimum atomic E-state index is -1.05. The van der Waals surface area contributed by atoms with Crippen LogP contribution in [-0.4, -0.2) is 22.9 Å². The van der Waals surface area contributed by atoms with Gasteiger partial charge in [0.05, 0.1) is 23.7 Å². The van der Waals surface area contributed by atoms with Gasteiger partial charge in [-0.2, -0.15) is 0 Å². The molecular formula is C32H27BrN2O5. The molecule has 40 heavy (non-hydrogen) atoms. The van der Waals surface area contributed by atoms with Gasteiger partial charge in [-0.25, -0.2) is 0 Å². The second-order valence-corrected chi connectivity index (χ2v) is 10.5. The Kier molecular flexibility index (Phi) is 8.26. The summed E-state index contributed by atoms with van der Waals surface area (Å²) in [4.78, 5) is 37.4. The summed E-state index contributed by atoms with van der Waals surface area (Å²) < 4.78 is 6.76. The largest absolute Gasteiger partial charge is 0.481 e. The summed E-state index contributed by atoms with van der Waals surface area (Å²) in [6, 6.07) is 28.8. The van der Waals surface area contributed by atoms with E-state index >= 15 is 0 Å². The zero-order chi connectivity index (χ0) is 28.1. The first-order valence-electron chi connectivity index (χ1n) is 12.9. The SMILES string of the molecule is O=C(O)CC(NC(=O)c1cc(Br)ccc1NC(=O)C1CC1)c1ccc(-c2ccccc2Oc2ccccc2)cc1. The van der Waals surface area contributed by atoms with Crippen molar-refractivity contribution in [2.75, 3.05) is 5.32 Å². The molecule has 1 aliphatic carbocycles. The highest BCUT2D eigenvalue weighted by molar-refractivity contribution is 9.10. The van der Waals surface area contributed by atoms with Gasteiger partial charge in [0.1, 0.15) is 11.5 Å². The highest BCUT2D eigenvalue weighted by Gasteiger charge is 2.30. The lowest BCUT2D eigenvalue weighted by atomic mass is 9.98. The summed E-state index contributed by atoms with van der Waals surface area (Å²) in [5, 5.41) is 15.3. The summed E-state index contributed by atoms with van der Waals surface area (Å²) >= 11 is 3.38. The molecule has 4 aromatic rings. The zero-order valence-electron chi connectivity index (χ0n) is 21.5. The number of para-hydroxylation sites is 2. The second-order valence-electron chi connectivity index (χ2n) is 9.61. The molecular weight excluding hydrogens is 572 g/mol. The van der Waals surface area contributed by atoms with Crippen LogP contribution in [0.4, 0.5) is 5.69 Å². The van der Waals surface area contributed by atoms with Crippen molar-refractivity contribution in [2.24, 2.45) is 5.92 Å². The first-order chi connectivity index (χ1) is 19.4. The van der Waals surface area contributed by atoms with Crippen LogP contribution in [0, 0.1) is 5.92 Å². The fraction of sp³-hybridized carbons (Fsp3) is 0.156. The predicted molar refractivity (Wildman–Crippen MR) is 156 cm³/mol. The van der Waals surface area contributed by atoms with E-state index in [0.29, 0.717) is 21.5 Å². The predicted octanol–water partition coefficient (Wildman–Crippen LogP) is 7.20. The van der Waals surface area contributed by atoms with Crippen molar-refractivity contribution < 1.29 is 24.2 Å². The Morgan fingerprint density at radius 3 is 2.30 bits per heavy atom. The van der Waals surface area contributed by atoms with Gasteiger partial charge < -0.3 is 20.5 Å². The molecule has 0 bridgehead atoms. The standard InChI is InChI=1S/C32H27BrN2O5/c33-23-16-17-27(34-31(38)22-14-15-22)26(18-23)32(39)35-28(19-30(36)37)21-12-10-20(11-13-21)25-8-4-5-9-29(25)40-24-6-2-1-3-7-24/h1-13,16-18,22,28H,14-15,19H2,(H,34,38)(H,35,39)(H,36,37). The van der Waals surface area contributed by atoms with Gasteiger partial charge >= 0.3 is 5.97 Å². The van der Waals surface area contributed by atoms with Gasteiger partial charge in [-0.05, 0) is 60.4 Å². The van der Waals surface area contributed by atoms with Gasteiger partial charge in [0.25, 0.3) is 5.91 Å². The number of carboxylic acids is 1. The molecule has 4 aromatic carbocycles. The first kappa shape index (κ1) is 27.1. The van der Waals surface area contributed by atoms with Crippen LogP contribution >= 0.6 is 15.9 Å². The molecule has 1 unspecified atom stereocenters. The Morgan fingerprint density at radius 2 is 1.60 bits per heavy atom. The topological polar surface area (TPSA) is 105 Å². The van der Waals surface area contributed by atoms with E-state index < -0.39 is 17.9 Å². The maximum Gasteiger partial charge on any atom is 0.305 e. The molecule has 5 rings (SSSR count). The average molecular weight is 599 g/mol. The minimum Gasteiger partial charge on any atom is -0.481 e. The third kappa shape index (κ3) is 6.76. The molecule has 0 saturated heterocycles. The number of nitrogens with one attached hydrogen (secondary N) is 2. The van der Waals surface area contributed by atoms with Crippen molar-refractivity contribution in [1.29, 1.82) is 0 Å². The number of carbonyl (C=O) groups is 3. The Labute approximate surface area is 240 Å². The van der Waals surface area contributed by atoms with Crippen LogP contribution in [0.15, 0.2) is 102 Å². The summed E-state index contributed by atoms with van der Waals surface area (Å²) in [5.41, 5.74) is 3.04. The molecule has 0 heterocycles. The van der Waals surface area contributed by atoms with Crippen LogP contribution in [0.25, 0.3) is 11.1 Å². The Balaban J connectivity index is 1.37. The van der Waals surface area contributed by atoms with Crippen LogP contribution in [0.2, 0.25) is 0 Å². The quantitative estimate of drug-likeness (QED) is 0.179. The van der Waals surface area contributed by atoms with E-state index in [1.807, 2.05) is 66.7 Å². The van der Waals surface area contributed by atoms with Gasteiger partial charge in [-0.3, -0.25) is 14.4 Å². The summed E-state index contributed by atoms with van der Waals surface area (Å²) in [6.45, 7) is 0. The van der Waals surface area contributed by atoms with E-state index in [0.717, 1.165) is 29.7 Å². The maximum absolute atomic E-state index is 13.4. The van der Waals surface area contributed by atoms with E-state index in [2.05, 4.69) is 26.6 Å². The fourth-order valence-corrected chi connectivity index (χ4v) is 4.72. The van der Waals surface area contributed by atoms with Crippen LogP contribution in [0.5, 0.6) is 11.5 Å². The number of carboxylic acid groups (broad SMARTS) is 1. The van der Waals surface area contributed by atoms with E-state index in [9.17, 15) is 19.5 Å².